The molecule has 0 radical (unpaired) electrons. The van der Waals surface area contributed by atoms with Crippen LogP contribution in [0.4, 0.5) is 0 Å². The van der Waals surface area contributed by atoms with Crippen LogP contribution in [0.15, 0.2) is 33.9 Å². The molecule has 29 heavy (non-hydrogen) atoms. The highest BCUT2D eigenvalue weighted by molar-refractivity contribution is 5.80. The highest BCUT2D eigenvalue weighted by atomic mass is 16.2. The summed E-state index contributed by atoms with van der Waals surface area (Å²) in [7, 11) is 1.68. The quantitative estimate of drug-likeness (QED) is 0.617. The molecule has 7 heteroatoms. The number of aromatic nitrogens is 3. The van der Waals surface area contributed by atoms with Crippen LogP contribution in [0.5, 0.6) is 0 Å². The van der Waals surface area contributed by atoms with Crippen LogP contribution in [-0.4, -0.2) is 27.2 Å². The summed E-state index contributed by atoms with van der Waals surface area (Å²) < 4.78 is 1.50. The minimum Gasteiger partial charge on any atom is -0.355 e. The smallest absolute Gasteiger partial charge is 0.273 e. The van der Waals surface area contributed by atoms with Crippen molar-refractivity contribution >= 4 is 16.9 Å². The van der Waals surface area contributed by atoms with Crippen molar-refractivity contribution in [3.8, 4) is 0 Å². The molecule has 1 aromatic carbocycles. The second-order valence-corrected chi connectivity index (χ2v) is 7.87. The first-order valence-electron chi connectivity index (χ1n) is 10.1. The van der Waals surface area contributed by atoms with E-state index in [0.717, 1.165) is 19.3 Å². The van der Waals surface area contributed by atoms with Gasteiger partial charge in [0.2, 0.25) is 5.91 Å². The van der Waals surface area contributed by atoms with E-state index in [2.05, 4.69) is 39.7 Å². The summed E-state index contributed by atoms with van der Waals surface area (Å²) >= 11 is 0. The molecular weight excluding hydrogens is 368 g/mol. The number of carbonyl (C=O) groups excluding carboxylic acids is 1. The molecule has 0 fully saturated rings. The summed E-state index contributed by atoms with van der Waals surface area (Å²) in [6, 6.07) is 8.43. The zero-order valence-corrected chi connectivity index (χ0v) is 16.8. The molecule has 3 aromatic rings. The van der Waals surface area contributed by atoms with Crippen LogP contribution in [-0.2, 0) is 24.7 Å². The molecular formula is C22H26N4O3. The van der Waals surface area contributed by atoms with Gasteiger partial charge in [-0.15, -0.1) is 0 Å². The van der Waals surface area contributed by atoms with Gasteiger partial charge in [0.1, 0.15) is 5.65 Å². The maximum absolute atomic E-state index is 12.5. The van der Waals surface area contributed by atoms with Crippen LogP contribution in [0.2, 0.25) is 0 Å². The standard InChI is InChI=1S/C22H26N4O3/c1-13-16(21(28)24-20-19(13)22(29)25-26(20)2)10-11-18(27)23-12-15-8-5-7-14-6-3-4-9-17(14)15/h3-4,6,9,15H,5,7-8,10-12H2,1-2H3,(H,23,27)(H,24,28)(H,25,29)/t15-/m0/s1. The Hall–Kier alpha value is -3.09. The van der Waals surface area contributed by atoms with E-state index in [1.54, 1.807) is 14.0 Å². The van der Waals surface area contributed by atoms with Gasteiger partial charge in [0.25, 0.3) is 11.1 Å². The third kappa shape index (κ3) is 3.64. The number of amides is 1. The molecule has 4 rings (SSSR count). The Bertz CT molecular complexity index is 1180. The van der Waals surface area contributed by atoms with Crippen molar-refractivity contribution in [3.63, 3.8) is 0 Å². The van der Waals surface area contributed by atoms with Crippen LogP contribution < -0.4 is 16.4 Å². The zero-order valence-electron chi connectivity index (χ0n) is 16.8. The summed E-state index contributed by atoms with van der Waals surface area (Å²) in [6.45, 7) is 2.38. The monoisotopic (exact) mass is 394 g/mol. The predicted octanol–water partition coefficient (Wildman–Crippen LogP) is 2.03. The Morgan fingerprint density at radius 1 is 1.24 bits per heavy atom. The summed E-state index contributed by atoms with van der Waals surface area (Å²) in [4.78, 5) is 39.8. The molecule has 152 valence electrons. The third-order valence-corrected chi connectivity index (χ3v) is 6.04. The minimum absolute atomic E-state index is 0.0751. The molecule has 0 saturated carbocycles. The van der Waals surface area contributed by atoms with Crippen molar-refractivity contribution in [3.05, 3.63) is 67.2 Å². The molecule has 0 bridgehead atoms. The highest BCUT2D eigenvalue weighted by Gasteiger charge is 2.20. The van der Waals surface area contributed by atoms with Crippen molar-refractivity contribution in [1.82, 2.24) is 20.1 Å². The lowest BCUT2D eigenvalue weighted by Gasteiger charge is -2.25. The molecule has 2 heterocycles. The second kappa shape index (κ2) is 7.73. The maximum atomic E-state index is 12.5. The van der Waals surface area contributed by atoms with Gasteiger partial charge >= 0.3 is 0 Å². The molecule has 0 unspecified atom stereocenters. The number of fused-ring (bicyclic) bond motifs is 2. The van der Waals surface area contributed by atoms with E-state index >= 15 is 0 Å². The average Bonchev–Trinajstić information content (AvgIpc) is 2.99. The Morgan fingerprint density at radius 3 is 2.86 bits per heavy atom. The van der Waals surface area contributed by atoms with Gasteiger partial charge in [0.15, 0.2) is 0 Å². The van der Waals surface area contributed by atoms with Crippen molar-refractivity contribution < 1.29 is 4.79 Å². The molecule has 0 spiro atoms. The normalized spacial score (nSPS) is 16.0. The lowest BCUT2D eigenvalue weighted by atomic mass is 9.83. The van der Waals surface area contributed by atoms with Crippen LogP contribution in [0, 0.1) is 6.92 Å². The van der Waals surface area contributed by atoms with Crippen molar-refractivity contribution in [1.29, 1.82) is 0 Å². The SMILES string of the molecule is Cc1c(CCC(=O)NC[C@@H]2CCCc3ccccc32)c(=O)[nH]c2c1c(=O)[nH]n2C. The number of benzene rings is 1. The number of nitrogens with one attached hydrogen (secondary N) is 3. The van der Waals surface area contributed by atoms with Gasteiger partial charge in [0, 0.05) is 31.5 Å². The first-order chi connectivity index (χ1) is 14.0. The number of aromatic amines is 2. The Kier molecular flexibility index (Phi) is 5.13. The first kappa shape index (κ1) is 19.2. The van der Waals surface area contributed by atoms with E-state index in [1.807, 2.05) is 0 Å². The lowest BCUT2D eigenvalue weighted by molar-refractivity contribution is -0.121. The summed E-state index contributed by atoms with van der Waals surface area (Å²) in [5.41, 5.74) is 3.83. The van der Waals surface area contributed by atoms with E-state index in [9.17, 15) is 14.4 Å². The van der Waals surface area contributed by atoms with E-state index in [4.69, 9.17) is 0 Å². The molecule has 0 saturated heterocycles. The number of pyridine rings is 1. The van der Waals surface area contributed by atoms with Gasteiger partial charge < -0.3 is 10.3 Å². The fraction of sp³-hybridized carbons (Fsp3) is 0.409. The molecule has 0 aliphatic heterocycles. The second-order valence-electron chi connectivity index (χ2n) is 7.87. The van der Waals surface area contributed by atoms with Gasteiger partial charge in [0.05, 0.1) is 5.39 Å². The minimum atomic E-state index is -0.251. The Morgan fingerprint density at radius 2 is 2.03 bits per heavy atom. The molecule has 1 atom stereocenters. The van der Waals surface area contributed by atoms with Gasteiger partial charge in [-0.1, -0.05) is 24.3 Å². The maximum Gasteiger partial charge on any atom is 0.273 e. The fourth-order valence-corrected chi connectivity index (χ4v) is 4.47. The fourth-order valence-electron chi connectivity index (χ4n) is 4.47. The molecule has 2 aromatic heterocycles. The van der Waals surface area contributed by atoms with Crippen molar-refractivity contribution in [2.45, 2.75) is 44.9 Å². The van der Waals surface area contributed by atoms with E-state index in [1.165, 1.54) is 15.8 Å². The molecule has 1 aliphatic carbocycles. The largest absolute Gasteiger partial charge is 0.355 e. The number of H-pyrrole nitrogens is 2. The third-order valence-electron chi connectivity index (χ3n) is 6.04. The number of aryl methyl sites for hydroxylation is 3. The molecule has 7 nitrogen and oxygen atoms in total. The summed E-state index contributed by atoms with van der Waals surface area (Å²) in [5.74, 6) is 0.266. The number of nitrogens with zero attached hydrogens (tertiary/aromatic N) is 1. The number of carbonyl (C=O) groups is 1. The highest BCUT2D eigenvalue weighted by Crippen LogP contribution is 2.30. The number of rotatable bonds is 5. The van der Waals surface area contributed by atoms with Gasteiger partial charge in [-0.25, -0.2) is 0 Å². The summed E-state index contributed by atoms with van der Waals surface area (Å²) in [5, 5.41) is 6.16. The molecule has 1 aliphatic rings. The Balaban J connectivity index is 1.43. The van der Waals surface area contributed by atoms with Crippen LogP contribution >= 0.6 is 0 Å². The van der Waals surface area contributed by atoms with Gasteiger partial charge in [-0.3, -0.25) is 24.2 Å². The Labute approximate surface area is 168 Å². The van der Waals surface area contributed by atoms with Crippen LogP contribution in [0.1, 0.15) is 47.4 Å². The lowest BCUT2D eigenvalue weighted by Crippen LogP contribution is -2.30. The zero-order chi connectivity index (χ0) is 20.5. The van der Waals surface area contributed by atoms with Crippen LogP contribution in [0.3, 0.4) is 0 Å². The van der Waals surface area contributed by atoms with Crippen LogP contribution in [0.25, 0.3) is 11.0 Å². The van der Waals surface area contributed by atoms with Crippen molar-refractivity contribution in [2.24, 2.45) is 7.05 Å². The molecule has 3 N–H and O–H groups in total. The number of hydrogen-bond donors (Lipinski definition) is 3. The van der Waals surface area contributed by atoms with E-state index in [0.29, 0.717) is 41.0 Å². The topological polar surface area (TPSA) is 99.8 Å². The van der Waals surface area contributed by atoms with Gasteiger partial charge in [-0.05, 0) is 49.3 Å². The average molecular weight is 394 g/mol. The predicted molar refractivity (Wildman–Crippen MR) is 112 cm³/mol. The van der Waals surface area contributed by atoms with E-state index in [-0.39, 0.29) is 23.4 Å². The first-order valence-corrected chi connectivity index (χ1v) is 10.1. The van der Waals surface area contributed by atoms with E-state index < -0.39 is 0 Å². The summed E-state index contributed by atoms with van der Waals surface area (Å²) in [6.07, 6.45) is 3.83. The van der Waals surface area contributed by atoms with Gasteiger partial charge in [-0.2, -0.15) is 0 Å². The van der Waals surface area contributed by atoms with Crippen molar-refractivity contribution in [2.75, 3.05) is 6.54 Å². The molecule has 1 amide bonds. The number of hydrogen-bond acceptors (Lipinski definition) is 3.